The van der Waals surface area contributed by atoms with E-state index in [9.17, 15) is 9.90 Å². The van der Waals surface area contributed by atoms with Crippen molar-refractivity contribution in [1.82, 2.24) is 5.32 Å². The molecule has 0 saturated heterocycles. The SMILES string of the molecule is C#Cc1ccc(-c2cc(CNC(=O)C=C)c(CO)c3c2OCC3)cc1. The lowest BCUT2D eigenvalue weighted by atomic mass is 9.92. The minimum Gasteiger partial charge on any atom is -0.492 e. The highest BCUT2D eigenvalue weighted by Gasteiger charge is 2.23. The molecule has 126 valence electrons. The van der Waals surface area contributed by atoms with Gasteiger partial charge in [-0.15, -0.1) is 6.42 Å². The van der Waals surface area contributed by atoms with Gasteiger partial charge in [0.25, 0.3) is 0 Å². The molecule has 0 aliphatic carbocycles. The maximum atomic E-state index is 11.5. The summed E-state index contributed by atoms with van der Waals surface area (Å²) < 4.78 is 5.83. The Morgan fingerprint density at radius 3 is 2.80 bits per heavy atom. The molecule has 0 unspecified atom stereocenters. The van der Waals surface area contributed by atoms with Gasteiger partial charge >= 0.3 is 0 Å². The maximum absolute atomic E-state index is 11.5. The zero-order valence-electron chi connectivity index (χ0n) is 13.8. The first-order chi connectivity index (χ1) is 12.2. The van der Waals surface area contributed by atoms with E-state index in [1.807, 2.05) is 30.3 Å². The number of nitrogens with one attached hydrogen (secondary N) is 1. The zero-order valence-corrected chi connectivity index (χ0v) is 13.8. The van der Waals surface area contributed by atoms with Crippen LogP contribution in [0.15, 0.2) is 43.0 Å². The molecule has 0 saturated carbocycles. The number of terminal acetylenes is 1. The van der Waals surface area contributed by atoms with Crippen LogP contribution >= 0.6 is 0 Å². The number of aliphatic hydroxyl groups excluding tert-OH is 1. The molecule has 1 amide bonds. The third-order valence-corrected chi connectivity index (χ3v) is 4.35. The van der Waals surface area contributed by atoms with Gasteiger partial charge in [0.2, 0.25) is 5.91 Å². The third kappa shape index (κ3) is 3.28. The van der Waals surface area contributed by atoms with Crippen LogP contribution in [0.4, 0.5) is 0 Å². The monoisotopic (exact) mass is 333 g/mol. The highest BCUT2D eigenvalue weighted by atomic mass is 16.5. The number of benzene rings is 2. The lowest BCUT2D eigenvalue weighted by Gasteiger charge is -2.16. The summed E-state index contributed by atoms with van der Waals surface area (Å²) in [5.74, 6) is 3.16. The number of carbonyl (C=O) groups excluding carboxylic acids is 1. The van der Waals surface area contributed by atoms with Gasteiger partial charge in [-0.2, -0.15) is 0 Å². The summed E-state index contributed by atoms with van der Waals surface area (Å²) in [7, 11) is 0. The van der Waals surface area contributed by atoms with Gasteiger partial charge in [0.15, 0.2) is 0 Å². The fourth-order valence-electron chi connectivity index (χ4n) is 3.07. The van der Waals surface area contributed by atoms with Crippen LogP contribution in [0.2, 0.25) is 0 Å². The summed E-state index contributed by atoms with van der Waals surface area (Å²) >= 11 is 0. The van der Waals surface area contributed by atoms with E-state index in [2.05, 4.69) is 17.8 Å². The van der Waals surface area contributed by atoms with Crippen molar-refractivity contribution in [3.05, 3.63) is 65.2 Å². The van der Waals surface area contributed by atoms with Gasteiger partial charge in [0, 0.05) is 29.7 Å². The van der Waals surface area contributed by atoms with Gasteiger partial charge < -0.3 is 15.2 Å². The van der Waals surface area contributed by atoms with E-state index in [1.165, 1.54) is 6.08 Å². The fourth-order valence-corrected chi connectivity index (χ4v) is 3.07. The van der Waals surface area contributed by atoms with Gasteiger partial charge in [-0.1, -0.05) is 24.6 Å². The van der Waals surface area contributed by atoms with Crippen LogP contribution in [-0.4, -0.2) is 17.6 Å². The van der Waals surface area contributed by atoms with Crippen LogP contribution in [0.1, 0.15) is 22.3 Å². The number of hydrogen-bond donors (Lipinski definition) is 2. The van der Waals surface area contributed by atoms with E-state index in [4.69, 9.17) is 11.2 Å². The summed E-state index contributed by atoms with van der Waals surface area (Å²) in [5.41, 5.74) is 5.43. The molecule has 0 bridgehead atoms. The highest BCUT2D eigenvalue weighted by molar-refractivity contribution is 5.87. The van der Waals surface area contributed by atoms with Crippen molar-refractivity contribution in [1.29, 1.82) is 0 Å². The second kappa shape index (κ2) is 7.25. The van der Waals surface area contributed by atoms with E-state index in [0.29, 0.717) is 13.2 Å². The molecule has 0 aromatic heterocycles. The van der Waals surface area contributed by atoms with Gasteiger partial charge in [0.05, 0.1) is 13.2 Å². The lowest BCUT2D eigenvalue weighted by molar-refractivity contribution is -0.116. The molecule has 1 aliphatic rings. The smallest absolute Gasteiger partial charge is 0.243 e. The summed E-state index contributed by atoms with van der Waals surface area (Å²) in [6.07, 6.45) is 7.39. The molecule has 4 nitrogen and oxygen atoms in total. The molecular weight excluding hydrogens is 314 g/mol. The summed E-state index contributed by atoms with van der Waals surface area (Å²) in [5, 5.41) is 12.6. The molecule has 3 rings (SSSR count). The Kier molecular flexibility index (Phi) is 4.87. The molecule has 0 fully saturated rings. The quantitative estimate of drug-likeness (QED) is 0.653. The van der Waals surface area contributed by atoms with Crippen LogP contribution < -0.4 is 10.1 Å². The van der Waals surface area contributed by atoms with Crippen molar-refractivity contribution < 1.29 is 14.6 Å². The topological polar surface area (TPSA) is 58.6 Å². The Labute approximate surface area is 147 Å². The van der Waals surface area contributed by atoms with E-state index >= 15 is 0 Å². The van der Waals surface area contributed by atoms with E-state index in [-0.39, 0.29) is 12.5 Å². The first-order valence-electron chi connectivity index (χ1n) is 8.06. The molecule has 2 aromatic carbocycles. The number of hydrogen-bond acceptors (Lipinski definition) is 3. The molecular formula is C21H19NO3. The number of fused-ring (bicyclic) bond motifs is 1. The molecule has 0 atom stereocenters. The largest absolute Gasteiger partial charge is 0.492 e. The highest BCUT2D eigenvalue weighted by Crippen LogP contribution is 2.40. The van der Waals surface area contributed by atoms with Crippen molar-refractivity contribution in [2.24, 2.45) is 0 Å². The second-order valence-corrected chi connectivity index (χ2v) is 5.77. The van der Waals surface area contributed by atoms with Gasteiger partial charge in [-0.25, -0.2) is 0 Å². The number of ether oxygens (including phenoxy) is 1. The predicted octanol–water partition coefficient (Wildman–Crippen LogP) is 2.56. The second-order valence-electron chi connectivity index (χ2n) is 5.77. The maximum Gasteiger partial charge on any atom is 0.243 e. The Hall–Kier alpha value is -3.03. The molecule has 4 heteroatoms. The molecule has 1 aliphatic heterocycles. The summed E-state index contributed by atoms with van der Waals surface area (Å²) in [6, 6.07) is 9.64. The van der Waals surface area contributed by atoms with Crippen LogP contribution in [0.25, 0.3) is 11.1 Å². The normalized spacial score (nSPS) is 12.0. The number of rotatable bonds is 5. The van der Waals surface area contributed by atoms with Crippen molar-refractivity contribution in [2.45, 2.75) is 19.6 Å². The van der Waals surface area contributed by atoms with Gasteiger partial charge in [-0.3, -0.25) is 4.79 Å². The summed E-state index contributed by atoms with van der Waals surface area (Å²) in [6.45, 7) is 4.27. The molecule has 2 N–H and O–H groups in total. The standard InChI is InChI=1S/C21H19NO3/c1-3-14-5-7-15(8-6-14)18-11-16(12-22-20(24)4-2)19(13-23)17-9-10-25-21(17)18/h1,4-8,11,23H,2,9-10,12-13H2,(H,22,24). The van der Waals surface area contributed by atoms with Crippen LogP contribution in [-0.2, 0) is 24.4 Å². The Morgan fingerprint density at radius 2 is 2.16 bits per heavy atom. The van der Waals surface area contributed by atoms with Crippen molar-refractivity contribution in [3.63, 3.8) is 0 Å². The van der Waals surface area contributed by atoms with Crippen molar-refractivity contribution in [3.8, 4) is 29.2 Å². The van der Waals surface area contributed by atoms with Crippen molar-refractivity contribution >= 4 is 5.91 Å². The molecule has 0 radical (unpaired) electrons. The first-order valence-corrected chi connectivity index (χ1v) is 8.06. The van der Waals surface area contributed by atoms with Crippen LogP contribution in [0.3, 0.4) is 0 Å². The van der Waals surface area contributed by atoms with Crippen molar-refractivity contribution in [2.75, 3.05) is 6.61 Å². The first kappa shape index (κ1) is 16.8. The molecule has 0 spiro atoms. The van der Waals surface area contributed by atoms with Gasteiger partial charge in [-0.05, 0) is 41.0 Å². The zero-order chi connectivity index (χ0) is 17.8. The average Bonchev–Trinajstić information content (AvgIpc) is 3.14. The Balaban J connectivity index is 2.08. The number of carbonyl (C=O) groups is 1. The lowest BCUT2D eigenvalue weighted by Crippen LogP contribution is -2.21. The predicted molar refractivity (Wildman–Crippen MR) is 97.0 cm³/mol. The van der Waals surface area contributed by atoms with Crippen LogP contribution in [0, 0.1) is 12.3 Å². The number of aliphatic hydroxyl groups is 1. The van der Waals surface area contributed by atoms with E-state index < -0.39 is 0 Å². The van der Waals surface area contributed by atoms with Crippen LogP contribution in [0.5, 0.6) is 5.75 Å². The minimum absolute atomic E-state index is 0.0959. The summed E-state index contributed by atoms with van der Waals surface area (Å²) in [4.78, 5) is 11.5. The van der Waals surface area contributed by atoms with E-state index in [1.54, 1.807) is 0 Å². The molecule has 25 heavy (non-hydrogen) atoms. The minimum atomic E-state index is -0.249. The Morgan fingerprint density at radius 1 is 1.40 bits per heavy atom. The van der Waals surface area contributed by atoms with Gasteiger partial charge in [0.1, 0.15) is 5.75 Å². The average molecular weight is 333 g/mol. The third-order valence-electron chi connectivity index (χ3n) is 4.35. The Bertz CT molecular complexity index is 860. The molecule has 2 aromatic rings. The number of amides is 1. The van der Waals surface area contributed by atoms with E-state index in [0.717, 1.165) is 45.6 Å². The molecule has 1 heterocycles. The fraction of sp³-hybridized carbons (Fsp3) is 0.190.